The highest BCUT2D eigenvalue weighted by atomic mass is 15.4. The summed E-state index contributed by atoms with van der Waals surface area (Å²) in [5, 5.41) is 0. The van der Waals surface area contributed by atoms with Crippen LogP contribution < -0.4 is 4.90 Å². The van der Waals surface area contributed by atoms with Gasteiger partial charge in [0.15, 0.2) is 0 Å². The molecule has 2 heteroatoms. The molecule has 2 aliphatic heterocycles. The molecule has 0 aromatic heterocycles. The van der Waals surface area contributed by atoms with Gasteiger partial charge in [-0.15, -0.1) is 6.58 Å². The number of para-hydroxylation sites is 1. The highest BCUT2D eigenvalue weighted by Crippen LogP contribution is 2.34. The van der Waals surface area contributed by atoms with E-state index in [0.717, 1.165) is 6.54 Å². The third kappa shape index (κ3) is 1.45. The molecular formula is C14H18N2. The van der Waals surface area contributed by atoms with Gasteiger partial charge in [0, 0.05) is 24.8 Å². The number of rotatable bonds is 2. The van der Waals surface area contributed by atoms with E-state index in [0.29, 0.717) is 12.2 Å². The van der Waals surface area contributed by atoms with E-state index in [1.165, 1.54) is 25.1 Å². The van der Waals surface area contributed by atoms with Crippen molar-refractivity contribution in [3.8, 4) is 0 Å². The molecule has 84 valence electrons. The summed E-state index contributed by atoms with van der Waals surface area (Å²) in [5.74, 6) is 0. The van der Waals surface area contributed by atoms with Gasteiger partial charge in [-0.05, 0) is 25.0 Å². The van der Waals surface area contributed by atoms with Crippen molar-refractivity contribution in [2.45, 2.75) is 25.0 Å². The Morgan fingerprint density at radius 3 is 2.69 bits per heavy atom. The summed E-state index contributed by atoms with van der Waals surface area (Å²) in [6.07, 6.45) is 5.24. The van der Waals surface area contributed by atoms with Crippen LogP contribution >= 0.6 is 0 Å². The molecule has 2 heterocycles. The smallest absolute Gasteiger partial charge is 0.0827 e. The second kappa shape index (κ2) is 3.95. The SMILES string of the molecule is C=CC1CCC2N(c3ccccc3)CCN12. The highest BCUT2D eigenvalue weighted by Gasteiger charge is 2.39. The van der Waals surface area contributed by atoms with Gasteiger partial charge in [0.2, 0.25) is 0 Å². The number of nitrogens with zero attached hydrogens (tertiary/aromatic N) is 2. The largest absolute Gasteiger partial charge is 0.354 e. The summed E-state index contributed by atoms with van der Waals surface area (Å²) >= 11 is 0. The molecule has 2 aliphatic rings. The molecule has 2 unspecified atom stereocenters. The molecule has 16 heavy (non-hydrogen) atoms. The Balaban J connectivity index is 1.83. The van der Waals surface area contributed by atoms with Crippen molar-refractivity contribution in [2.24, 2.45) is 0 Å². The Kier molecular flexibility index (Phi) is 2.44. The first-order chi connectivity index (χ1) is 7.90. The van der Waals surface area contributed by atoms with Crippen molar-refractivity contribution in [3.63, 3.8) is 0 Å². The van der Waals surface area contributed by atoms with Gasteiger partial charge in [0.25, 0.3) is 0 Å². The van der Waals surface area contributed by atoms with Gasteiger partial charge in [-0.3, -0.25) is 4.90 Å². The van der Waals surface area contributed by atoms with Crippen molar-refractivity contribution < 1.29 is 0 Å². The summed E-state index contributed by atoms with van der Waals surface area (Å²) in [7, 11) is 0. The normalized spacial score (nSPS) is 29.4. The Bertz CT molecular complexity index is 374. The van der Waals surface area contributed by atoms with Crippen molar-refractivity contribution in [1.82, 2.24) is 4.90 Å². The Morgan fingerprint density at radius 2 is 1.94 bits per heavy atom. The molecule has 0 bridgehead atoms. The standard InChI is InChI=1S/C14H18N2/c1-2-12-8-9-14-15(12)10-11-16(14)13-6-4-3-5-7-13/h2-7,12,14H,1,8-11H2. The van der Waals surface area contributed by atoms with Crippen molar-refractivity contribution in [1.29, 1.82) is 0 Å². The molecule has 1 aromatic carbocycles. The number of hydrogen-bond donors (Lipinski definition) is 0. The number of hydrogen-bond acceptors (Lipinski definition) is 2. The monoisotopic (exact) mass is 214 g/mol. The first-order valence-corrected chi connectivity index (χ1v) is 6.10. The molecule has 0 saturated carbocycles. The van der Waals surface area contributed by atoms with E-state index in [1.807, 2.05) is 0 Å². The molecule has 0 spiro atoms. The lowest BCUT2D eigenvalue weighted by Crippen LogP contribution is -2.36. The lowest BCUT2D eigenvalue weighted by Gasteiger charge is -2.27. The average molecular weight is 214 g/mol. The maximum Gasteiger partial charge on any atom is 0.0827 e. The Hall–Kier alpha value is -1.28. The van der Waals surface area contributed by atoms with Gasteiger partial charge in [-0.2, -0.15) is 0 Å². The maximum absolute atomic E-state index is 3.94. The Labute approximate surface area is 97.2 Å². The fraction of sp³-hybridized carbons (Fsp3) is 0.429. The zero-order chi connectivity index (χ0) is 11.0. The number of anilines is 1. The van der Waals surface area contributed by atoms with Crippen LogP contribution in [0.4, 0.5) is 5.69 Å². The maximum atomic E-state index is 3.94. The fourth-order valence-corrected chi connectivity index (χ4v) is 3.07. The van der Waals surface area contributed by atoms with E-state index in [2.05, 4.69) is 52.8 Å². The fourth-order valence-electron chi connectivity index (χ4n) is 3.07. The van der Waals surface area contributed by atoms with E-state index < -0.39 is 0 Å². The summed E-state index contributed by atoms with van der Waals surface area (Å²) in [6.45, 7) is 6.27. The first-order valence-electron chi connectivity index (χ1n) is 6.10. The topological polar surface area (TPSA) is 6.48 Å². The highest BCUT2D eigenvalue weighted by molar-refractivity contribution is 5.48. The van der Waals surface area contributed by atoms with Gasteiger partial charge in [0.05, 0.1) is 6.17 Å². The Morgan fingerprint density at radius 1 is 1.12 bits per heavy atom. The van der Waals surface area contributed by atoms with Crippen LogP contribution in [-0.2, 0) is 0 Å². The molecule has 2 saturated heterocycles. The van der Waals surface area contributed by atoms with Crippen LogP contribution in [0.5, 0.6) is 0 Å². The number of benzene rings is 1. The minimum absolute atomic E-state index is 0.596. The lowest BCUT2D eigenvalue weighted by atomic mass is 10.2. The van der Waals surface area contributed by atoms with Gasteiger partial charge in [-0.25, -0.2) is 0 Å². The van der Waals surface area contributed by atoms with Crippen LogP contribution in [0, 0.1) is 0 Å². The zero-order valence-electron chi connectivity index (χ0n) is 9.55. The predicted octanol–water partition coefficient (Wildman–Crippen LogP) is 2.48. The van der Waals surface area contributed by atoms with Crippen LogP contribution in [0.15, 0.2) is 43.0 Å². The van der Waals surface area contributed by atoms with Gasteiger partial charge in [-0.1, -0.05) is 24.3 Å². The molecule has 0 radical (unpaired) electrons. The summed E-state index contributed by atoms with van der Waals surface area (Å²) in [6, 6.07) is 11.3. The van der Waals surface area contributed by atoms with Crippen molar-refractivity contribution in [3.05, 3.63) is 43.0 Å². The first kappa shape index (κ1) is 9.91. The van der Waals surface area contributed by atoms with E-state index in [1.54, 1.807) is 0 Å². The van der Waals surface area contributed by atoms with Gasteiger partial charge >= 0.3 is 0 Å². The summed E-state index contributed by atoms with van der Waals surface area (Å²) in [5.41, 5.74) is 1.36. The van der Waals surface area contributed by atoms with Crippen LogP contribution in [0.1, 0.15) is 12.8 Å². The molecule has 2 nitrogen and oxygen atoms in total. The van der Waals surface area contributed by atoms with Crippen molar-refractivity contribution in [2.75, 3.05) is 18.0 Å². The third-order valence-corrected chi connectivity index (χ3v) is 3.85. The van der Waals surface area contributed by atoms with E-state index in [-0.39, 0.29) is 0 Å². The predicted molar refractivity (Wildman–Crippen MR) is 67.5 cm³/mol. The summed E-state index contributed by atoms with van der Waals surface area (Å²) in [4.78, 5) is 5.11. The van der Waals surface area contributed by atoms with Crippen molar-refractivity contribution >= 4 is 5.69 Å². The van der Waals surface area contributed by atoms with Crippen LogP contribution in [-0.4, -0.2) is 30.2 Å². The minimum atomic E-state index is 0.596. The van der Waals surface area contributed by atoms with E-state index in [4.69, 9.17) is 0 Å². The molecular weight excluding hydrogens is 196 g/mol. The molecule has 2 fully saturated rings. The lowest BCUT2D eigenvalue weighted by molar-refractivity contribution is 0.281. The molecule has 0 N–H and O–H groups in total. The molecule has 1 aromatic rings. The van der Waals surface area contributed by atoms with Crippen LogP contribution in [0.3, 0.4) is 0 Å². The summed E-state index contributed by atoms with van der Waals surface area (Å²) < 4.78 is 0. The van der Waals surface area contributed by atoms with Gasteiger partial charge in [0.1, 0.15) is 0 Å². The van der Waals surface area contributed by atoms with E-state index >= 15 is 0 Å². The minimum Gasteiger partial charge on any atom is -0.354 e. The van der Waals surface area contributed by atoms with E-state index in [9.17, 15) is 0 Å². The number of fused-ring (bicyclic) bond motifs is 1. The molecule has 0 amide bonds. The third-order valence-electron chi connectivity index (χ3n) is 3.85. The molecule has 0 aliphatic carbocycles. The molecule has 2 atom stereocenters. The second-order valence-electron chi connectivity index (χ2n) is 4.63. The van der Waals surface area contributed by atoms with Crippen LogP contribution in [0.25, 0.3) is 0 Å². The molecule has 3 rings (SSSR count). The van der Waals surface area contributed by atoms with Crippen LogP contribution in [0.2, 0.25) is 0 Å². The average Bonchev–Trinajstić information content (AvgIpc) is 2.90. The zero-order valence-corrected chi connectivity index (χ0v) is 9.55. The quantitative estimate of drug-likeness (QED) is 0.698. The van der Waals surface area contributed by atoms with Gasteiger partial charge < -0.3 is 4.90 Å². The second-order valence-corrected chi connectivity index (χ2v) is 4.63.